The number of ether oxygens (including phenoxy) is 4. The van der Waals surface area contributed by atoms with Gasteiger partial charge in [-0.2, -0.15) is 0 Å². The SMILES string of the molecule is CCCCCc1ccc(C2OCC(CCC3OCC(CCCC)CO3)CO2)c(F)c1F. The van der Waals surface area contributed by atoms with Crippen molar-refractivity contribution in [3.8, 4) is 0 Å². The summed E-state index contributed by atoms with van der Waals surface area (Å²) in [5.74, 6) is -0.917. The Kier molecular flexibility index (Phi) is 10.2. The normalized spacial score (nSPS) is 26.8. The molecule has 2 fully saturated rings. The molecular formula is C25H38F2O4. The average Bonchev–Trinajstić information content (AvgIpc) is 2.80. The van der Waals surface area contributed by atoms with Gasteiger partial charge in [-0.1, -0.05) is 51.7 Å². The highest BCUT2D eigenvalue weighted by Crippen LogP contribution is 2.31. The molecule has 0 aromatic heterocycles. The molecule has 2 aliphatic rings. The van der Waals surface area contributed by atoms with Crippen LogP contribution >= 0.6 is 0 Å². The molecule has 4 nitrogen and oxygen atoms in total. The van der Waals surface area contributed by atoms with Crippen LogP contribution in [0.15, 0.2) is 12.1 Å². The second-order valence-corrected chi connectivity index (χ2v) is 8.95. The standard InChI is InChI=1S/C25H38F2O4/c1-3-5-7-9-20-11-12-21(24(27)23(20)26)25-30-16-19(17-31-25)10-13-22-28-14-18(15-29-22)8-6-4-2/h11-12,18-19,22,25H,3-10,13-17H2,1-2H3. The van der Waals surface area contributed by atoms with Crippen molar-refractivity contribution in [3.05, 3.63) is 34.9 Å². The number of rotatable bonds is 11. The van der Waals surface area contributed by atoms with Gasteiger partial charge in [0.1, 0.15) is 0 Å². The zero-order valence-electron chi connectivity index (χ0n) is 19.0. The lowest BCUT2D eigenvalue weighted by atomic mass is 10.0. The second-order valence-electron chi connectivity index (χ2n) is 8.95. The summed E-state index contributed by atoms with van der Waals surface area (Å²) >= 11 is 0. The van der Waals surface area contributed by atoms with E-state index in [1.807, 2.05) is 0 Å². The molecule has 1 aromatic rings. The quantitative estimate of drug-likeness (QED) is 0.377. The molecule has 3 rings (SSSR count). The number of benzene rings is 1. The molecule has 2 aliphatic heterocycles. The number of unbranched alkanes of at least 4 members (excludes halogenated alkanes) is 3. The number of hydrogen-bond acceptors (Lipinski definition) is 4. The summed E-state index contributed by atoms with van der Waals surface area (Å²) in [6, 6.07) is 3.26. The molecule has 176 valence electrons. The number of hydrogen-bond donors (Lipinski definition) is 0. The summed E-state index contributed by atoms with van der Waals surface area (Å²) in [7, 11) is 0. The minimum atomic E-state index is -0.850. The van der Waals surface area contributed by atoms with Crippen LogP contribution in [-0.4, -0.2) is 32.7 Å². The molecule has 1 aromatic carbocycles. The van der Waals surface area contributed by atoms with Gasteiger partial charge in [0.05, 0.1) is 26.4 Å². The van der Waals surface area contributed by atoms with Gasteiger partial charge < -0.3 is 18.9 Å². The van der Waals surface area contributed by atoms with E-state index in [1.54, 1.807) is 12.1 Å². The van der Waals surface area contributed by atoms with Crippen LogP contribution < -0.4 is 0 Å². The van der Waals surface area contributed by atoms with Crippen LogP contribution in [0, 0.1) is 23.5 Å². The van der Waals surface area contributed by atoms with E-state index in [0.29, 0.717) is 31.1 Å². The third-order valence-corrected chi connectivity index (χ3v) is 6.27. The summed E-state index contributed by atoms with van der Waals surface area (Å²) in [6.45, 7) is 6.73. The van der Waals surface area contributed by atoms with Gasteiger partial charge in [-0.15, -0.1) is 0 Å². The minimum absolute atomic E-state index is 0.146. The first kappa shape index (κ1) is 24.6. The summed E-state index contributed by atoms with van der Waals surface area (Å²) in [4.78, 5) is 0. The van der Waals surface area contributed by atoms with Gasteiger partial charge in [-0.05, 0) is 37.7 Å². The van der Waals surface area contributed by atoms with Gasteiger partial charge in [0, 0.05) is 17.4 Å². The van der Waals surface area contributed by atoms with Crippen molar-refractivity contribution in [1.82, 2.24) is 0 Å². The number of halogens is 2. The van der Waals surface area contributed by atoms with E-state index in [2.05, 4.69) is 13.8 Å². The van der Waals surface area contributed by atoms with Crippen LogP contribution in [0.2, 0.25) is 0 Å². The van der Waals surface area contributed by atoms with Crippen LogP contribution in [0.1, 0.15) is 82.6 Å². The molecule has 2 saturated heterocycles. The fourth-order valence-electron chi connectivity index (χ4n) is 4.22. The minimum Gasteiger partial charge on any atom is -0.352 e. The van der Waals surface area contributed by atoms with Crippen molar-refractivity contribution in [2.75, 3.05) is 26.4 Å². The van der Waals surface area contributed by atoms with E-state index in [0.717, 1.165) is 51.7 Å². The lowest BCUT2D eigenvalue weighted by molar-refractivity contribution is -0.221. The Labute approximate surface area is 185 Å². The Morgan fingerprint density at radius 3 is 2.06 bits per heavy atom. The Morgan fingerprint density at radius 2 is 1.39 bits per heavy atom. The molecule has 31 heavy (non-hydrogen) atoms. The highest BCUT2D eigenvalue weighted by atomic mass is 19.2. The first-order valence-electron chi connectivity index (χ1n) is 12.1. The molecular weight excluding hydrogens is 402 g/mol. The lowest BCUT2D eigenvalue weighted by Crippen LogP contribution is -2.34. The van der Waals surface area contributed by atoms with Gasteiger partial charge in [-0.25, -0.2) is 8.78 Å². The third-order valence-electron chi connectivity index (χ3n) is 6.27. The largest absolute Gasteiger partial charge is 0.352 e. The van der Waals surface area contributed by atoms with Crippen LogP contribution in [0.4, 0.5) is 8.78 Å². The second kappa shape index (κ2) is 12.8. The molecule has 0 amide bonds. The molecule has 0 saturated carbocycles. The molecule has 0 unspecified atom stereocenters. The van der Waals surface area contributed by atoms with Gasteiger partial charge >= 0.3 is 0 Å². The average molecular weight is 441 g/mol. The molecule has 0 bridgehead atoms. The monoisotopic (exact) mass is 440 g/mol. The van der Waals surface area contributed by atoms with Crippen molar-refractivity contribution in [1.29, 1.82) is 0 Å². The fraction of sp³-hybridized carbons (Fsp3) is 0.760. The fourth-order valence-corrected chi connectivity index (χ4v) is 4.22. The Bertz CT molecular complexity index is 653. The Hall–Kier alpha value is -1.08. The smallest absolute Gasteiger partial charge is 0.186 e. The summed E-state index contributed by atoms with van der Waals surface area (Å²) in [5, 5.41) is 0. The van der Waals surface area contributed by atoms with E-state index in [9.17, 15) is 8.78 Å². The molecule has 0 spiro atoms. The van der Waals surface area contributed by atoms with Crippen molar-refractivity contribution < 1.29 is 27.7 Å². The van der Waals surface area contributed by atoms with Crippen molar-refractivity contribution in [3.63, 3.8) is 0 Å². The predicted octanol–water partition coefficient (Wildman–Crippen LogP) is 6.32. The third kappa shape index (κ3) is 7.21. The topological polar surface area (TPSA) is 36.9 Å². The van der Waals surface area contributed by atoms with Gasteiger partial charge in [0.2, 0.25) is 0 Å². The molecule has 0 N–H and O–H groups in total. The predicted molar refractivity (Wildman–Crippen MR) is 116 cm³/mol. The number of aryl methyl sites for hydroxylation is 1. The summed E-state index contributed by atoms with van der Waals surface area (Å²) < 4.78 is 52.2. The van der Waals surface area contributed by atoms with Gasteiger partial charge in [-0.3, -0.25) is 0 Å². The maximum atomic E-state index is 14.6. The molecule has 0 aliphatic carbocycles. The molecule has 6 heteroatoms. The zero-order chi connectivity index (χ0) is 22.1. The van der Waals surface area contributed by atoms with Crippen LogP contribution in [-0.2, 0) is 25.4 Å². The molecule has 0 radical (unpaired) electrons. The highest BCUT2D eigenvalue weighted by molar-refractivity contribution is 5.27. The van der Waals surface area contributed by atoms with E-state index in [1.165, 1.54) is 12.8 Å². The summed E-state index contributed by atoms with van der Waals surface area (Å²) in [6.07, 6.45) is 7.66. The van der Waals surface area contributed by atoms with Crippen LogP contribution in [0.25, 0.3) is 0 Å². The van der Waals surface area contributed by atoms with Crippen molar-refractivity contribution >= 4 is 0 Å². The van der Waals surface area contributed by atoms with E-state index >= 15 is 0 Å². The van der Waals surface area contributed by atoms with Gasteiger partial charge in [0.15, 0.2) is 24.2 Å². The summed E-state index contributed by atoms with van der Waals surface area (Å²) in [5.41, 5.74) is 0.570. The molecule has 2 heterocycles. The van der Waals surface area contributed by atoms with E-state index in [-0.39, 0.29) is 17.8 Å². The van der Waals surface area contributed by atoms with E-state index in [4.69, 9.17) is 18.9 Å². The van der Waals surface area contributed by atoms with Crippen LogP contribution in [0.3, 0.4) is 0 Å². The Morgan fingerprint density at radius 1 is 0.742 bits per heavy atom. The zero-order valence-corrected chi connectivity index (χ0v) is 19.0. The maximum absolute atomic E-state index is 14.6. The lowest BCUT2D eigenvalue weighted by Gasteiger charge is -2.32. The Balaban J connectivity index is 1.40. The first-order chi connectivity index (χ1) is 15.1. The van der Waals surface area contributed by atoms with Crippen molar-refractivity contribution in [2.45, 2.75) is 84.2 Å². The first-order valence-corrected chi connectivity index (χ1v) is 12.1. The van der Waals surface area contributed by atoms with Gasteiger partial charge in [0.25, 0.3) is 0 Å². The van der Waals surface area contributed by atoms with Crippen molar-refractivity contribution in [2.24, 2.45) is 11.8 Å². The molecule has 0 atom stereocenters. The van der Waals surface area contributed by atoms with E-state index < -0.39 is 17.9 Å². The maximum Gasteiger partial charge on any atom is 0.186 e. The van der Waals surface area contributed by atoms with Crippen LogP contribution in [0.5, 0.6) is 0 Å². The highest BCUT2D eigenvalue weighted by Gasteiger charge is 2.29.